The highest BCUT2D eigenvalue weighted by Gasteiger charge is 2.21. The summed E-state index contributed by atoms with van der Waals surface area (Å²) in [6.45, 7) is 3.50. The lowest BCUT2D eigenvalue weighted by Crippen LogP contribution is -2.17. The molecule has 1 N–H and O–H groups in total. The lowest BCUT2D eigenvalue weighted by molar-refractivity contribution is 0.0955. The fraction of sp³-hybridized carbons (Fsp3) is 0.130. The van der Waals surface area contributed by atoms with E-state index in [1.54, 1.807) is 62.4 Å². The molecule has 0 heterocycles. The highest BCUT2D eigenvalue weighted by molar-refractivity contribution is 7.87. The lowest BCUT2D eigenvalue weighted by Gasteiger charge is -2.13. The van der Waals surface area contributed by atoms with Crippen molar-refractivity contribution in [2.24, 2.45) is 5.10 Å². The van der Waals surface area contributed by atoms with Gasteiger partial charge in [0.2, 0.25) is 0 Å². The van der Waals surface area contributed by atoms with Gasteiger partial charge in [0.1, 0.15) is 4.90 Å². The van der Waals surface area contributed by atoms with Crippen LogP contribution < -0.4 is 14.3 Å². The van der Waals surface area contributed by atoms with Crippen molar-refractivity contribution in [1.29, 1.82) is 0 Å². The van der Waals surface area contributed by atoms with Crippen LogP contribution in [0.4, 0.5) is 0 Å². The van der Waals surface area contributed by atoms with Crippen molar-refractivity contribution in [3.8, 4) is 11.5 Å². The van der Waals surface area contributed by atoms with Crippen LogP contribution in [-0.2, 0) is 10.1 Å². The average Bonchev–Trinajstić information content (AvgIpc) is 2.76. The summed E-state index contributed by atoms with van der Waals surface area (Å²) in [6.07, 6.45) is 1.40. The summed E-state index contributed by atoms with van der Waals surface area (Å²) in [5.41, 5.74) is 4.76. The Morgan fingerprint density at radius 3 is 2.41 bits per heavy atom. The summed E-state index contributed by atoms with van der Waals surface area (Å²) in [7, 11) is -2.66. The third-order valence-electron chi connectivity index (χ3n) is 4.49. The normalized spacial score (nSPS) is 11.4. The molecule has 0 atom stereocenters. The quantitative estimate of drug-likeness (QED) is 0.310. The highest BCUT2D eigenvalue weighted by atomic mass is 35.5. The number of amides is 1. The summed E-state index contributed by atoms with van der Waals surface area (Å²) in [4.78, 5) is 12.2. The van der Waals surface area contributed by atoms with Gasteiger partial charge < -0.3 is 8.92 Å². The zero-order valence-corrected chi connectivity index (χ0v) is 19.2. The first-order valence-corrected chi connectivity index (χ1v) is 11.3. The van der Waals surface area contributed by atoms with Crippen LogP contribution in [0.3, 0.4) is 0 Å². The maximum atomic E-state index is 12.8. The van der Waals surface area contributed by atoms with Crippen molar-refractivity contribution >= 4 is 33.8 Å². The third kappa shape index (κ3) is 5.66. The number of hydrogen-bond donors (Lipinski definition) is 1. The molecule has 166 valence electrons. The Balaban J connectivity index is 1.75. The molecule has 0 radical (unpaired) electrons. The molecule has 0 spiro atoms. The number of carbonyl (C=O) groups is 1. The third-order valence-corrected chi connectivity index (χ3v) is 6.12. The Labute approximate surface area is 191 Å². The van der Waals surface area contributed by atoms with E-state index in [0.29, 0.717) is 21.7 Å². The number of carbonyl (C=O) groups excluding carboxylic acids is 1. The Hall–Kier alpha value is -3.36. The van der Waals surface area contributed by atoms with Gasteiger partial charge in [-0.1, -0.05) is 23.7 Å². The molecule has 0 aliphatic rings. The van der Waals surface area contributed by atoms with E-state index in [2.05, 4.69) is 10.5 Å². The largest absolute Gasteiger partial charge is 0.493 e. The van der Waals surface area contributed by atoms with E-state index in [0.717, 1.165) is 5.56 Å². The van der Waals surface area contributed by atoms with E-state index in [1.807, 2.05) is 6.07 Å². The van der Waals surface area contributed by atoms with Crippen LogP contribution in [0, 0.1) is 13.8 Å². The van der Waals surface area contributed by atoms with Crippen LogP contribution in [-0.4, -0.2) is 27.6 Å². The average molecular weight is 473 g/mol. The van der Waals surface area contributed by atoms with Crippen molar-refractivity contribution < 1.29 is 22.1 Å². The number of hydrogen-bond acceptors (Lipinski definition) is 6. The Bertz CT molecular complexity index is 1270. The molecule has 0 saturated carbocycles. The number of ether oxygens (including phenoxy) is 1. The minimum absolute atomic E-state index is 0.0377. The molecule has 0 aliphatic heterocycles. The summed E-state index contributed by atoms with van der Waals surface area (Å²) in [5.74, 6) is -0.160. The van der Waals surface area contributed by atoms with Gasteiger partial charge in [0, 0.05) is 10.6 Å². The zero-order valence-electron chi connectivity index (χ0n) is 17.6. The first-order valence-electron chi connectivity index (χ1n) is 9.48. The monoisotopic (exact) mass is 472 g/mol. The van der Waals surface area contributed by atoms with Gasteiger partial charge in [-0.05, 0) is 79.1 Å². The Morgan fingerprint density at radius 2 is 1.72 bits per heavy atom. The van der Waals surface area contributed by atoms with Crippen molar-refractivity contribution in [2.75, 3.05) is 7.11 Å². The summed E-state index contributed by atoms with van der Waals surface area (Å²) >= 11 is 5.81. The summed E-state index contributed by atoms with van der Waals surface area (Å²) < 4.78 is 36.2. The second-order valence-electron chi connectivity index (χ2n) is 6.92. The van der Waals surface area contributed by atoms with Crippen LogP contribution in [0.2, 0.25) is 5.02 Å². The number of methoxy groups -OCH3 is 1. The van der Waals surface area contributed by atoms with Gasteiger partial charge in [0.05, 0.1) is 13.3 Å². The molecule has 0 aromatic heterocycles. The summed E-state index contributed by atoms with van der Waals surface area (Å²) in [6, 6.07) is 16.1. The molecule has 0 aliphatic carbocycles. The first kappa shape index (κ1) is 23.3. The van der Waals surface area contributed by atoms with E-state index < -0.39 is 16.0 Å². The van der Waals surface area contributed by atoms with E-state index in [1.165, 1.54) is 19.4 Å². The number of benzene rings is 3. The van der Waals surface area contributed by atoms with Crippen molar-refractivity contribution in [3.05, 3.63) is 87.9 Å². The fourth-order valence-corrected chi connectivity index (χ4v) is 4.19. The second kappa shape index (κ2) is 9.84. The van der Waals surface area contributed by atoms with Crippen LogP contribution in [0.5, 0.6) is 11.5 Å². The van der Waals surface area contributed by atoms with Crippen molar-refractivity contribution in [2.45, 2.75) is 18.7 Å². The van der Waals surface area contributed by atoms with Crippen LogP contribution in [0.15, 0.2) is 70.7 Å². The van der Waals surface area contributed by atoms with Crippen molar-refractivity contribution in [1.82, 2.24) is 5.43 Å². The highest BCUT2D eigenvalue weighted by Crippen LogP contribution is 2.31. The molecule has 7 nitrogen and oxygen atoms in total. The van der Waals surface area contributed by atoms with Gasteiger partial charge in [-0.15, -0.1) is 0 Å². The minimum atomic E-state index is -4.05. The van der Waals surface area contributed by atoms with Gasteiger partial charge >= 0.3 is 10.1 Å². The molecule has 0 unspecified atom stereocenters. The van der Waals surface area contributed by atoms with Crippen LogP contribution >= 0.6 is 11.6 Å². The number of aryl methyl sites for hydroxylation is 2. The van der Waals surface area contributed by atoms with E-state index in [4.69, 9.17) is 20.5 Å². The van der Waals surface area contributed by atoms with Gasteiger partial charge in [0.15, 0.2) is 11.5 Å². The van der Waals surface area contributed by atoms with Gasteiger partial charge in [-0.25, -0.2) is 5.43 Å². The molecule has 0 fully saturated rings. The molecular weight excluding hydrogens is 452 g/mol. The minimum Gasteiger partial charge on any atom is -0.493 e. The predicted octanol–water partition coefficient (Wildman–Crippen LogP) is 4.50. The van der Waals surface area contributed by atoms with E-state index >= 15 is 0 Å². The standard InChI is InChI=1S/C23H21ClN2O5S/c1-15-4-5-16(2)22(12-15)32(28,29)31-20-11-6-17(13-21(20)30-3)14-25-26-23(27)18-7-9-19(24)10-8-18/h4-14H,1-3H3,(H,26,27)/b25-14+. The zero-order chi connectivity index (χ0) is 23.3. The van der Waals surface area contributed by atoms with Gasteiger partial charge in [-0.2, -0.15) is 13.5 Å². The van der Waals surface area contributed by atoms with Gasteiger partial charge in [-0.3, -0.25) is 4.79 Å². The number of nitrogens with one attached hydrogen (secondary N) is 1. The van der Waals surface area contributed by atoms with Crippen LogP contribution in [0.1, 0.15) is 27.0 Å². The Morgan fingerprint density at radius 1 is 1.00 bits per heavy atom. The van der Waals surface area contributed by atoms with Crippen molar-refractivity contribution in [3.63, 3.8) is 0 Å². The molecule has 3 aromatic rings. The molecule has 32 heavy (non-hydrogen) atoms. The maximum absolute atomic E-state index is 12.8. The second-order valence-corrected chi connectivity index (χ2v) is 8.87. The molecule has 0 saturated heterocycles. The smallest absolute Gasteiger partial charge is 0.339 e. The lowest BCUT2D eigenvalue weighted by atomic mass is 10.2. The SMILES string of the molecule is COc1cc(/C=N/NC(=O)c2ccc(Cl)cc2)ccc1OS(=O)(=O)c1cc(C)ccc1C. The predicted molar refractivity (Wildman–Crippen MR) is 123 cm³/mol. The van der Waals surface area contributed by atoms with E-state index in [-0.39, 0.29) is 16.4 Å². The number of nitrogens with zero attached hydrogens (tertiary/aromatic N) is 1. The molecule has 3 aromatic carbocycles. The number of rotatable bonds is 7. The van der Waals surface area contributed by atoms with Crippen LogP contribution in [0.25, 0.3) is 0 Å². The van der Waals surface area contributed by atoms with E-state index in [9.17, 15) is 13.2 Å². The van der Waals surface area contributed by atoms with Gasteiger partial charge in [0.25, 0.3) is 5.91 Å². The number of hydrazone groups is 1. The first-order chi connectivity index (χ1) is 15.2. The molecule has 9 heteroatoms. The Kier molecular flexibility index (Phi) is 7.17. The topological polar surface area (TPSA) is 94.1 Å². The summed E-state index contributed by atoms with van der Waals surface area (Å²) in [5, 5.41) is 4.44. The fourth-order valence-electron chi connectivity index (χ4n) is 2.80. The molecule has 1 amide bonds. The molecule has 0 bridgehead atoms. The number of halogens is 1. The maximum Gasteiger partial charge on any atom is 0.339 e. The molecular formula is C23H21ClN2O5S. The molecule has 3 rings (SSSR count).